The van der Waals surface area contributed by atoms with Gasteiger partial charge in [-0.05, 0) is 48.5 Å². The Bertz CT molecular complexity index is 1410. The average molecular weight is 612 g/mol. The Morgan fingerprint density at radius 2 is 1.44 bits per heavy atom. The van der Waals surface area contributed by atoms with Crippen molar-refractivity contribution in [1.82, 2.24) is 20.9 Å². The third-order valence-electron chi connectivity index (χ3n) is 6.87. The summed E-state index contributed by atoms with van der Waals surface area (Å²) in [5.41, 5.74) is 8.71. The van der Waals surface area contributed by atoms with Crippen LogP contribution in [0.1, 0.15) is 30.4 Å². The van der Waals surface area contributed by atoms with Gasteiger partial charge in [0.15, 0.2) is 0 Å². The average Bonchev–Trinajstić information content (AvgIpc) is 3.39. The van der Waals surface area contributed by atoms with Crippen LogP contribution in [-0.2, 0) is 36.8 Å². The molecule has 0 aliphatic carbocycles. The van der Waals surface area contributed by atoms with Crippen LogP contribution < -0.4 is 21.7 Å². The lowest BCUT2D eigenvalue weighted by atomic mass is 10.0. The number of para-hydroxylation sites is 1. The van der Waals surface area contributed by atoms with Gasteiger partial charge >= 0.3 is 11.9 Å². The number of hydrogen-bond donors (Lipinski definition) is 7. The number of carboxylic acids is 2. The van der Waals surface area contributed by atoms with E-state index in [0.717, 1.165) is 16.5 Å². The lowest BCUT2D eigenvalue weighted by Gasteiger charge is -2.25. The summed E-state index contributed by atoms with van der Waals surface area (Å²) in [7, 11) is 0. The van der Waals surface area contributed by atoms with E-state index in [4.69, 9.17) is 10.8 Å². The smallest absolute Gasteiger partial charge is 0.326 e. The van der Waals surface area contributed by atoms with Crippen LogP contribution >= 0.6 is 11.8 Å². The number of carboxylic acid groups (broad SMARTS) is 2. The van der Waals surface area contributed by atoms with Crippen LogP contribution in [0.15, 0.2) is 60.8 Å². The number of benzene rings is 2. The van der Waals surface area contributed by atoms with Gasteiger partial charge in [0.05, 0.1) is 6.04 Å². The largest absolute Gasteiger partial charge is 0.481 e. The molecule has 3 rings (SSSR count). The quantitative estimate of drug-likeness (QED) is 0.118. The summed E-state index contributed by atoms with van der Waals surface area (Å²) >= 11 is 1.48. The molecule has 0 aliphatic heterocycles. The van der Waals surface area contributed by atoms with Gasteiger partial charge in [0.1, 0.15) is 18.1 Å². The molecule has 13 heteroatoms. The zero-order valence-electron chi connectivity index (χ0n) is 23.7. The van der Waals surface area contributed by atoms with Crippen LogP contribution in [0.25, 0.3) is 10.9 Å². The number of aromatic amines is 1. The Balaban J connectivity index is 1.74. The molecule has 0 saturated heterocycles. The van der Waals surface area contributed by atoms with E-state index in [0.29, 0.717) is 11.3 Å². The van der Waals surface area contributed by atoms with E-state index < -0.39 is 60.2 Å². The minimum atomic E-state index is -1.46. The Labute approximate surface area is 253 Å². The summed E-state index contributed by atoms with van der Waals surface area (Å²) in [6.45, 7) is 0. The first-order chi connectivity index (χ1) is 20.6. The fourth-order valence-corrected chi connectivity index (χ4v) is 5.01. The minimum Gasteiger partial charge on any atom is -0.481 e. The molecule has 4 unspecified atom stereocenters. The normalized spacial score (nSPS) is 13.8. The molecule has 1 heterocycles. The van der Waals surface area contributed by atoms with Gasteiger partial charge in [0.2, 0.25) is 17.7 Å². The number of hydrogen-bond acceptors (Lipinski definition) is 7. The number of rotatable bonds is 17. The van der Waals surface area contributed by atoms with Crippen molar-refractivity contribution in [3.8, 4) is 0 Å². The van der Waals surface area contributed by atoms with E-state index >= 15 is 0 Å². The van der Waals surface area contributed by atoms with Gasteiger partial charge in [0.25, 0.3) is 0 Å². The monoisotopic (exact) mass is 611 g/mol. The Morgan fingerprint density at radius 1 is 0.814 bits per heavy atom. The highest BCUT2D eigenvalue weighted by atomic mass is 32.2. The highest BCUT2D eigenvalue weighted by Gasteiger charge is 2.31. The Hall–Kier alpha value is -4.36. The molecule has 2 aromatic carbocycles. The van der Waals surface area contributed by atoms with Crippen molar-refractivity contribution in [3.63, 3.8) is 0 Å². The van der Waals surface area contributed by atoms with E-state index in [2.05, 4.69) is 20.9 Å². The number of carbonyl (C=O) groups is 5. The molecular weight excluding hydrogens is 574 g/mol. The number of aliphatic carboxylic acids is 2. The number of H-pyrrole nitrogens is 1. The molecule has 8 N–H and O–H groups in total. The summed E-state index contributed by atoms with van der Waals surface area (Å²) in [6.07, 6.45) is 3.38. The molecule has 3 amide bonds. The first kappa shape index (κ1) is 33.1. The highest BCUT2D eigenvalue weighted by molar-refractivity contribution is 7.98. The number of aromatic nitrogens is 1. The van der Waals surface area contributed by atoms with Crippen LogP contribution in [0.4, 0.5) is 0 Å². The van der Waals surface area contributed by atoms with Gasteiger partial charge in [-0.1, -0.05) is 48.5 Å². The number of thioether (sulfide) groups is 1. The maximum absolute atomic E-state index is 13.5. The minimum absolute atomic E-state index is 0.0347. The van der Waals surface area contributed by atoms with Crippen molar-refractivity contribution in [2.75, 3.05) is 12.0 Å². The van der Waals surface area contributed by atoms with E-state index in [1.807, 2.05) is 30.5 Å². The zero-order chi connectivity index (χ0) is 31.4. The number of amides is 3. The second-order valence-corrected chi connectivity index (χ2v) is 11.1. The Morgan fingerprint density at radius 3 is 2.12 bits per heavy atom. The molecule has 3 aromatic rings. The zero-order valence-corrected chi connectivity index (χ0v) is 24.6. The summed E-state index contributed by atoms with van der Waals surface area (Å²) in [5, 5.41) is 27.1. The first-order valence-electron chi connectivity index (χ1n) is 13.8. The van der Waals surface area contributed by atoms with E-state index in [9.17, 15) is 29.1 Å². The van der Waals surface area contributed by atoms with Gasteiger partial charge < -0.3 is 36.9 Å². The maximum Gasteiger partial charge on any atom is 0.326 e. The lowest BCUT2D eigenvalue weighted by molar-refractivity contribution is -0.143. The third-order valence-corrected chi connectivity index (χ3v) is 7.52. The van der Waals surface area contributed by atoms with Crippen LogP contribution in [0, 0.1) is 0 Å². The number of carbonyl (C=O) groups excluding carboxylic acids is 3. The molecule has 1 aromatic heterocycles. The third kappa shape index (κ3) is 10.1. The molecule has 4 atom stereocenters. The first-order valence-corrected chi connectivity index (χ1v) is 15.2. The van der Waals surface area contributed by atoms with Crippen LogP contribution in [0.3, 0.4) is 0 Å². The van der Waals surface area contributed by atoms with Crippen LogP contribution in [-0.4, -0.2) is 81.0 Å². The standard InChI is InChI=1S/C30H37N5O7S/c1-43-14-13-23(33-27(38)21(31)16-19-17-32-22-10-6-5-9-20(19)22)28(39)35-25(15-18-7-3-2-4-8-18)29(40)34-24(30(41)42)11-12-26(36)37/h2-10,17,21,23-25,32H,11-16,31H2,1H3,(H,33,38)(H,34,40)(H,35,39)(H,36,37)(H,41,42). The van der Waals surface area contributed by atoms with E-state index in [1.165, 1.54) is 11.8 Å². The van der Waals surface area contributed by atoms with Gasteiger partial charge in [-0.2, -0.15) is 11.8 Å². The number of nitrogens with one attached hydrogen (secondary N) is 4. The molecular formula is C30H37N5O7S. The van der Waals surface area contributed by atoms with Crippen molar-refractivity contribution in [1.29, 1.82) is 0 Å². The fraction of sp³-hybridized carbons (Fsp3) is 0.367. The molecule has 0 bridgehead atoms. The van der Waals surface area contributed by atoms with Crippen molar-refractivity contribution in [3.05, 3.63) is 71.9 Å². The second-order valence-electron chi connectivity index (χ2n) is 10.1. The van der Waals surface area contributed by atoms with Crippen LogP contribution in [0.2, 0.25) is 0 Å². The predicted molar refractivity (Wildman–Crippen MR) is 163 cm³/mol. The molecule has 0 aliphatic rings. The summed E-state index contributed by atoms with van der Waals surface area (Å²) < 4.78 is 0. The molecule has 0 spiro atoms. The van der Waals surface area contributed by atoms with Gasteiger partial charge in [0, 0.05) is 29.9 Å². The SMILES string of the molecule is CSCCC(NC(=O)C(N)Cc1c[nH]c2ccccc12)C(=O)NC(Cc1ccccc1)C(=O)NC(CCC(=O)O)C(=O)O. The number of nitrogens with two attached hydrogens (primary N) is 1. The van der Waals surface area contributed by atoms with E-state index in [-0.39, 0.29) is 25.7 Å². The highest BCUT2D eigenvalue weighted by Crippen LogP contribution is 2.19. The number of fused-ring (bicyclic) bond motifs is 1. The van der Waals surface area contributed by atoms with E-state index in [1.54, 1.807) is 36.5 Å². The second kappa shape index (κ2) is 16.3. The summed E-state index contributed by atoms with van der Waals surface area (Å²) in [6, 6.07) is 11.8. The predicted octanol–water partition coefficient (Wildman–Crippen LogP) is 1.44. The fourth-order valence-electron chi connectivity index (χ4n) is 4.54. The van der Waals surface area contributed by atoms with Gasteiger partial charge in [-0.25, -0.2) is 4.79 Å². The van der Waals surface area contributed by atoms with Crippen LogP contribution in [0.5, 0.6) is 0 Å². The van der Waals surface area contributed by atoms with Gasteiger partial charge in [-0.3, -0.25) is 19.2 Å². The van der Waals surface area contributed by atoms with Crippen molar-refractivity contribution < 1.29 is 34.2 Å². The topological polar surface area (TPSA) is 204 Å². The lowest BCUT2D eigenvalue weighted by Crippen LogP contribution is -2.58. The molecule has 43 heavy (non-hydrogen) atoms. The van der Waals surface area contributed by atoms with Crippen molar-refractivity contribution >= 4 is 52.3 Å². The molecule has 0 fully saturated rings. The van der Waals surface area contributed by atoms with Gasteiger partial charge in [-0.15, -0.1) is 0 Å². The molecule has 230 valence electrons. The summed E-state index contributed by atoms with van der Waals surface area (Å²) in [5.74, 6) is -4.02. The molecule has 12 nitrogen and oxygen atoms in total. The van der Waals surface area contributed by atoms with Crippen molar-refractivity contribution in [2.45, 2.75) is 56.3 Å². The van der Waals surface area contributed by atoms with Crippen molar-refractivity contribution in [2.24, 2.45) is 5.73 Å². The maximum atomic E-state index is 13.5. The molecule has 0 saturated carbocycles. The summed E-state index contributed by atoms with van der Waals surface area (Å²) in [4.78, 5) is 65.6. The molecule has 0 radical (unpaired) electrons. The Kier molecular flexibility index (Phi) is 12.6.